The number of oxazole rings is 1. The van der Waals surface area contributed by atoms with Gasteiger partial charge in [0.2, 0.25) is 5.89 Å². The smallest absolute Gasteiger partial charge is 0.262 e. The van der Waals surface area contributed by atoms with Crippen LogP contribution >= 0.6 is 0 Å². The van der Waals surface area contributed by atoms with Crippen LogP contribution in [0, 0.1) is 0 Å². The number of nitrogens with one attached hydrogen (secondary N) is 2. The van der Waals surface area contributed by atoms with Crippen molar-refractivity contribution in [2.24, 2.45) is 0 Å². The maximum absolute atomic E-state index is 11.8. The van der Waals surface area contributed by atoms with E-state index in [1.165, 1.54) is 6.26 Å². The van der Waals surface area contributed by atoms with Crippen molar-refractivity contribution in [1.82, 2.24) is 9.97 Å². The Bertz CT molecular complexity index is 1140. The van der Waals surface area contributed by atoms with Crippen LogP contribution in [0.1, 0.15) is 11.9 Å². The average Bonchev–Trinajstić information content (AvgIpc) is 3.30. The normalized spacial score (nSPS) is 16.7. The maximum Gasteiger partial charge on any atom is 0.262 e. The van der Waals surface area contributed by atoms with Crippen LogP contribution < -0.4 is 26.0 Å². The van der Waals surface area contributed by atoms with Gasteiger partial charge in [-0.1, -0.05) is 0 Å². The van der Waals surface area contributed by atoms with Crippen molar-refractivity contribution < 1.29 is 23.8 Å². The lowest BCUT2D eigenvalue weighted by Gasteiger charge is -2.32. The molecule has 5 rings (SSSR count). The minimum atomic E-state index is -1.16. The van der Waals surface area contributed by atoms with E-state index in [0.29, 0.717) is 66.4 Å². The zero-order valence-electron chi connectivity index (χ0n) is 17.1. The van der Waals surface area contributed by atoms with Gasteiger partial charge in [-0.05, 0) is 18.2 Å². The summed E-state index contributed by atoms with van der Waals surface area (Å²) in [5.41, 5.74) is 8.63. The summed E-state index contributed by atoms with van der Waals surface area (Å²) < 4.78 is 16.5. The van der Waals surface area contributed by atoms with Gasteiger partial charge in [0, 0.05) is 30.9 Å². The van der Waals surface area contributed by atoms with E-state index in [-0.39, 0.29) is 12.5 Å². The third-order valence-electron chi connectivity index (χ3n) is 5.20. The number of nitrogens with zero attached hydrogens (tertiary/aromatic N) is 3. The van der Waals surface area contributed by atoms with Crippen molar-refractivity contribution >= 4 is 28.8 Å². The van der Waals surface area contributed by atoms with E-state index >= 15 is 0 Å². The third-order valence-corrected chi connectivity index (χ3v) is 5.20. The molecule has 0 spiro atoms. The Morgan fingerprint density at radius 1 is 1.25 bits per heavy atom. The first-order valence-electron chi connectivity index (χ1n) is 10.1. The first kappa shape index (κ1) is 20.1. The Hall–Kier alpha value is -3.83. The van der Waals surface area contributed by atoms with Crippen molar-refractivity contribution in [3.8, 4) is 17.2 Å². The van der Waals surface area contributed by atoms with Gasteiger partial charge in [0.25, 0.3) is 5.91 Å². The zero-order valence-corrected chi connectivity index (χ0v) is 17.1. The molecule has 0 aliphatic carbocycles. The standard InChI is InChI=1S/C21H22N6O5/c22-18-7-12(1-2-23-18)21-26-15(10-32-21)20(29)25-13-8-14-17(31-11-19(28)24-14)9-16(13)27-3-5-30-6-4-27/h1-2,7-10,20,25,29H,3-6,11H2,(H2,22,23)(H,24,28). The van der Waals surface area contributed by atoms with Gasteiger partial charge in [-0.25, -0.2) is 9.97 Å². The van der Waals surface area contributed by atoms with Gasteiger partial charge in [0.05, 0.1) is 30.3 Å². The summed E-state index contributed by atoms with van der Waals surface area (Å²) in [5.74, 6) is 0.995. The molecule has 1 atom stereocenters. The molecule has 0 bridgehead atoms. The Balaban J connectivity index is 1.43. The monoisotopic (exact) mass is 438 g/mol. The fourth-order valence-corrected chi connectivity index (χ4v) is 3.64. The molecule has 1 saturated heterocycles. The Labute approximate surface area is 183 Å². The van der Waals surface area contributed by atoms with Gasteiger partial charge in [0.1, 0.15) is 23.5 Å². The molecule has 1 aromatic carbocycles. The van der Waals surface area contributed by atoms with Crippen molar-refractivity contribution in [2.45, 2.75) is 6.23 Å². The Morgan fingerprint density at radius 3 is 2.91 bits per heavy atom. The van der Waals surface area contributed by atoms with Crippen LogP contribution in [0.2, 0.25) is 0 Å². The predicted octanol–water partition coefficient (Wildman–Crippen LogP) is 1.59. The maximum atomic E-state index is 11.8. The zero-order chi connectivity index (χ0) is 22.1. The molecule has 2 aliphatic rings. The number of morpholine rings is 1. The van der Waals surface area contributed by atoms with E-state index < -0.39 is 6.23 Å². The molecule has 11 heteroatoms. The summed E-state index contributed by atoms with van der Waals surface area (Å²) in [6.45, 7) is 2.53. The van der Waals surface area contributed by atoms with Crippen LogP contribution in [0.5, 0.6) is 5.75 Å². The SMILES string of the molecule is Nc1cc(-c2nc(C(O)Nc3cc4c(cc3N3CCOCC3)OCC(=O)N4)co2)ccn1. The third kappa shape index (κ3) is 4.03. The lowest BCUT2D eigenvalue weighted by Crippen LogP contribution is -2.37. The first-order valence-corrected chi connectivity index (χ1v) is 10.1. The largest absolute Gasteiger partial charge is 0.482 e. The Kier molecular flexibility index (Phi) is 5.25. The number of fused-ring (bicyclic) bond motifs is 1. The number of carbonyl (C=O) groups is 1. The number of pyridine rings is 1. The van der Waals surface area contributed by atoms with Gasteiger partial charge in [0.15, 0.2) is 12.8 Å². The average molecular weight is 438 g/mol. The van der Waals surface area contributed by atoms with Crippen LogP contribution in [-0.2, 0) is 9.53 Å². The van der Waals surface area contributed by atoms with E-state index in [4.69, 9.17) is 19.6 Å². The van der Waals surface area contributed by atoms with E-state index in [9.17, 15) is 9.90 Å². The van der Waals surface area contributed by atoms with Crippen molar-refractivity contribution in [3.63, 3.8) is 0 Å². The number of anilines is 4. The number of benzene rings is 1. The molecule has 0 radical (unpaired) electrons. The number of aromatic nitrogens is 2. The number of ether oxygens (including phenoxy) is 2. The summed E-state index contributed by atoms with van der Waals surface area (Å²) in [6, 6.07) is 6.95. The molecule has 0 saturated carbocycles. The molecular formula is C21H22N6O5. The summed E-state index contributed by atoms with van der Waals surface area (Å²) >= 11 is 0. The van der Waals surface area contributed by atoms with Crippen LogP contribution in [0.25, 0.3) is 11.5 Å². The van der Waals surface area contributed by atoms with Crippen LogP contribution in [0.4, 0.5) is 22.9 Å². The Morgan fingerprint density at radius 2 is 2.09 bits per heavy atom. The number of rotatable bonds is 5. The molecule has 11 nitrogen and oxygen atoms in total. The highest BCUT2D eigenvalue weighted by Crippen LogP contribution is 2.40. The van der Waals surface area contributed by atoms with E-state index in [1.54, 1.807) is 24.4 Å². The van der Waals surface area contributed by atoms with Gasteiger partial charge < -0.3 is 40.3 Å². The second-order valence-electron chi connectivity index (χ2n) is 7.40. The van der Waals surface area contributed by atoms with Crippen LogP contribution in [0.15, 0.2) is 41.1 Å². The van der Waals surface area contributed by atoms with Gasteiger partial charge in [-0.2, -0.15) is 0 Å². The van der Waals surface area contributed by atoms with Crippen LogP contribution in [0.3, 0.4) is 0 Å². The highest BCUT2D eigenvalue weighted by atomic mass is 16.5. The minimum absolute atomic E-state index is 0.0355. The van der Waals surface area contributed by atoms with Gasteiger partial charge in [-0.15, -0.1) is 0 Å². The number of amides is 1. The topological polar surface area (TPSA) is 148 Å². The molecule has 5 N–H and O–H groups in total. The van der Waals surface area contributed by atoms with Crippen molar-refractivity contribution in [3.05, 3.63) is 42.4 Å². The van der Waals surface area contributed by atoms with Crippen molar-refractivity contribution in [2.75, 3.05) is 54.2 Å². The lowest BCUT2D eigenvalue weighted by molar-refractivity contribution is -0.118. The molecule has 3 aromatic rings. The quantitative estimate of drug-likeness (QED) is 0.433. The van der Waals surface area contributed by atoms with Gasteiger partial charge in [-0.3, -0.25) is 4.79 Å². The molecule has 1 amide bonds. The second-order valence-corrected chi connectivity index (χ2v) is 7.40. The molecular weight excluding hydrogens is 416 g/mol. The number of aliphatic hydroxyl groups is 1. The number of aliphatic hydroxyl groups excluding tert-OH is 1. The fourth-order valence-electron chi connectivity index (χ4n) is 3.64. The summed E-state index contributed by atoms with van der Waals surface area (Å²) in [7, 11) is 0. The fraction of sp³-hybridized carbons (Fsp3) is 0.286. The highest BCUT2D eigenvalue weighted by Gasteiger charge is 2.24. The molecule has 2 aromatic heterocycles. The molecule has 166 valence electrons. The van der Waals surface area contributed by atoms with E-state index in [2.05, 4.69) is 25.5 Å². The lowest BCUT2D eigenvalue weighted by atomic mass is 10.1. The summed E-state index contributed by atoms with van der Waals surface area (Å²) in [4.78, 5) is 22.2. The molecule has 32 heavy (non-hydrogen) atoms. The molecule has 1 unspecified atom stereocenters. The summed E-state index contributed by atoms with van der Waals surface area (Å²) in [6.07, 6.45) is 1.77. The molecule has 2 aliphatic heterocycles. The second kappa shape index (κ2) is 8.36. The number of hydrogen-bond acceptors (Lipinski definition) is 10. The van der Waals surface area contributed by atoms with E-state index in [0.717, 1.165) is 5.69 Å². The van der Waals surface area contributed by atoms with E-state index in [1.807, 2.05) is 6.07 Å². The number of nitrogens with two attached hydrogens (primary N) is 1. The highest BCUT2D eigenvalue weighted by molar-refractivity contribution is 5.97. The van der Waals surface area contributed by atoms with Gasteiger partial charge >= 0.3 is 0 Å². The number of carbonyl (C=O) groups excluding carboxylic acids is 1. The summed E-state index contributed by atoms with van der Waals surface area (Å²) in [5, 5.41) is 16.7. The number of nitrogen functional groups attached to an aromatic ring is 1. The first-order chi connectivity index (χ1) is 15.6. The predicted molar refractivity (Wildman–Crippen MR) is 116 cm³/mol. The molecule has 4 heterocycles. The minimum Gasteiger partial charge on any atom is -0.482 e. The number of hydrogen-bond donors (Lipinski definition) is 4. The molecule has 1 fully saturated rings. The van der Waals surface area contributed by atoms with Crippen molar-refractivity contribution in [1.29, 1.82) is 0 Å². The van der Waals surface area contributed by atoms with Crippen LogP contribution in [-0.4, -0.2) is 53.9 Å².